The van der Waals surface area contributed by atoms with Crippen molar-refractivity contribution in [1.29, 1.82) is 0 Å². The summed E-state index contributed by atoms with van der Waals surface area (Å²) in [5, 5.41) is 13.0. The number of aromatic hydroxyl groups is 1. The monoisotopic (exact) mass is 302 g/mol. The van der Waals surface area contributed by atoms with Crippen LogP contribution in [0.2, 0.25) is 5.02 Å². The quantitative estimate of drug-likeness (QED) is 0.845. The van der Waals surface area contributed by atoms with Crippen molar-refractivity contribution in [3.8, 4) is 5.75 Å². The molecule has 2 aromatic rings. The molecule has 3 rings (SSSR count). The van der Waals surface area contributed by atoms with E-state index in [2.05, 4.69) is 5.32 Å². The number of rotatable bonds is 1. The summed E-state index contributed by atoms with van der Waals surface area (Å²) < 4.78 is 0. The molecule has 5 heteroatoms. The van der Waals surface area contributed by atoms with Gasteiger partial charge in [-0.15, -0.1) is 0 Å². The van der Waals surface area contributed by atoms with E-state index < -0.39 is 0 Å². The summed E-state index contributed by atoms with van der Waals surface area (Å²) in [6, 6.07) is 12.2. The van der Waals surface area contributed by atoms with Gasteiger partial charge in [-0.2, -0.15) is 0 Å². The molecule has 1 aliphatic heterocycles. The van der Waals surface area contributed by atoms with Gasteiger partial charge in [0.15, 0.2) is 0 Å². The Balaban J connectivity index is 1.70. The second-order valence-electron chi connectivity index (χ2n) is 5.06. The number of amides is 2. The summed E-state index contributed by atoms with van der Waals surface area (Å²) >= 11 is 5.82. The van der Waals surface area contributed by atoms with E-state index in [4.69, 9.17) is 11.6 Å². The zero-order chi connectivity index (χ0) is 14.8. The van der Waals surface area contributed by atoms with Gasteiger partial charge in [-0.1, -0.05) is 17.7 Å². The zero-order valence-corrected chi connectivity index (χ0v) is 12.1. The molecule has 1 aliphatic rings. The number of nitrogens with zero attached hydrogens (tertiary/aromatic N) is 1. The largest absolute Gasteiger partial charge is 0.508 e. The van der Waals surface area contributed by atoms with Crippen LogP contribution in [0.25, 0.3) is 0 Å². The number of phenolic OH excluding ortho intramolecular Hbond substituents is 1. The Morgan fingerprint density at radius 3 is 2.67 bits per heavy atom. The Bertz CT molecular complexity index is 670. The van der Waals surface area contributed by atoms with Crippen molar-refractivity contribution in [2.45, 2.75) is 13.0 Å². The molecule has 0 saturated carbocycles. The minimum absolute atomic E-state index is 0.147. The summed E-state index contributed by atoms with van der Waals surface area (Å²) in [4.78, 5) is 14.0. The van der Waals surface area contributed by atoms with E-state index in [0.717, 1.165) is 12.0 Å². The summed E-state index contributed by atoms with van der Waals surface area (Å²) in [6.45, 7) is 1.17. The lowest BCUT2D eigenvalue weighted by Crippen LogP contribution is -2.38. The highest BCUT2D eigenvalue weighted by atomic mass is 35.5. The number of urea groups is 1. The average Bonchev–Trinajstić information content (AvgIpc) is 2.48. The Labute approximate surface area is 128 Å². The molecule has 0 aromatic heterocycles. The molecule has 1 heterocycles. The summed E-state index contributed by atoms with van der Waals surface area (Å²) in [6.07, 6.45) is 0.795. The SMILES string of the molecule is O=C(Nc1ccc(Cl)cc1)N1CCc2ccc(O)cc2C1. The van der Waals surface area contributed by atoms with E-state index in [-0.39, 0.29) is 11.8 Å². The first kappa shape index (κ1) is 13.8. The zero-order valence-electron chi connectivity index (χ0n) is 11.3. The second-order valence-corrected chi connectivity index (χ2v) is 5.50. The fourth-order valence-electron chi connectivity index (χ4n) is 2.45. The first-order valence-electron chi connectivity index (χ1n) is 6.74. The van der Waals surface area contributed by atoms with E-state index in [1.165, 1.54) is 5.56 Å². The molecular formula is C16H15ClN2O2. The fraction of sp³-hybridized carbons (Fsp3) is 0.188. The fourth-order valence-corrected chi connectivity index (χ4v) is 2.58. The first-order valence-corrected chi connectivity index (χ1v) is 7.12. The number of carbonyl (C=O) groups is 1. The van der Waals surface area contributed by atoms with Gasteiger partial charge in [-0.25, -0.2) is 4.79 Å². The predicted octanol–water partition coefficient (Wildman–Crippen LogP) is 3.64. The minimum atomic E-state index is -0.147. The maximum absolute atomic E-state index is 12.3. The average molecular weight is 303 g/mol. The first-order chi connectivity index (χ1) is 10.1. The van der Waals surface area contributed by atoms with Crippen LogP contribution >= 0.6 is 11.6 Å². The van der Waals surface area contributed by atoms with Crippen LogP contribution in [0.3, 0.4) is 0 Å². The topological polar surface area (TPSA) is 52.6 Å². The van der Waals surface area contributed by atoms with Crippen molar-refractivity contribution in [2.24, 2.45) is 0 Å². The van der Waals surface area contributed by atoms with Crippen LogP contribution < -0.4 is 5.32 Å². The van der Waals surface area contributed by atoms with Crippen LogP contribution in [0.5, 0.6) is 5.75 Å². The Kier molecular flexibility index (Phi) is 3.71. The number of halogens is 1. The number of nitrogens with one attached hydrogen (secondary N) is 1. The minimum Gasteiger partial charge on any atom is -0.508 e. The third-order valence-corrected chi connectivity index (χ3v) is 3.84. The number of benzene rings is 2. The van der Waals surface area contributed by atoms with Crippen LogP contribution in [0, 0.1) is 0 Å². The van der Waals surface area contributed by atoms with E-state index in [0.29, 0.717) is 23.8 Å². The number of hydrogen-bond donors (Lipinski definition) is 2. The molecule has 108 valence electrons. The third kappa shape index (κ3) is 3.11. The van der Waals surface area contributed by atoms with Crippen LogP contribution in [0.1, 0.15) is 11.1 Å². The van der Waals surface area contributed by atoms with Crippen LogP contribution in [-0.4, -0.2) is 22.6 Å². The maximum Gasteiger partial charge on any atom is 0.322 e. The third-order valence-electron chi connectivity index (χ3n) is 3.58. The van der Waals surface area contributed by atoms with Gasteiger partial charge in [-0.05, 0) is 53.9 Å². The number of carbonyl (C=O) groups excluding carboxylic acids is 1. The van der Waals surface area contributed by atoms with Crippen molar-refractivity contribution < 1.29 is 9.90 Å². The van der Waals surface area contributed by atoms with E-state index in [1.807, 2.05) is 6.07 Å². The van der Waals surface area contributed by atoms with Gasteiger partial charge in [-0.3, -0.25) is 0 Å². The highest BCUT2D eigenvalue weighted by Crippen LogP contribution is 2.23. The summed E-state index contributed by atoms with van der Waals surface area (Å²) in [7, 11) is 0. The molecule has 0 fully saturated rings. The van der Waals surface area contributed by atoms with E-state index in [9.17, 15) is 9.90 Å². The molecule has 0 radical (unpaired) electrons. The smallest absolute Gasteiger partial charge is 0.322 e. The lowest BCUT2D eigenvalue weighted by atomic mass is 10.00. The van der Waals surface area contributed by atoms with Crippen LogP contribution in [-0.2, 0) is 13.0 Å². The van der Waals surface area contributed by atoms with Crippen LogP contribution in [0.15, 0.2) is 42.5 Å². The Hall–Kier alpha value is -2.20. The number of fused-ring (bicyclic) bond motifs is 1. The standard InChI is InChI=1S/C16H15ClN2O2/c17-13-2-4-14(5-3-13)18-16(21)19-8-7-11-1-6-15(20)9-12(11)10-19/h1-6,9,20H,7-8,10H2,(H,18,21). The maximum atomic E-state index is 12.3. The van der Waals surface area contributed by atoms with Gasteiger partial charge in [0.2, 0.25) is 0 Å². The van der Waals surface area contributed by atoms with Crippen molar-refractivity contribution in [2.75, 3.05) is 11.9 Å². The van der Waals surface area contributed by atoms with Gasteiger partial charge < -0.3 is 15.3 Å². The lowest BCUT2D eigenvalue weighted by molar-refractivity contribution is 0.206. The molecule has 0 aliphatic carbocycles. The van der Waals surface area contributed by atoms with Crippen molar-refractivity contribution in [3.05, 3.63) is 58.6 Å². The molecule has 4 nitrogen and oxygen atoms in total. The molecule has 0 unspecified atom stereocenters. The summed E-state index contributed by atoms with van der Waals surface area (Å²) in [5.41, 5.74) is 2.89. The van der Waals surface area contributed by atoms with Gasteiger partial charge in [0.05, 0.1) is 0 Å². The second kappa shape index (κ2) is 5.66. The van der Waals surface area contributed by atoms with Gasteiger partial charge in [0.25, 0.3) is 0 Å². The van der Waals surface area contributed by atoms with E-state index >= 15 is 0 Å². The van der Waals surface area contributed by atoms with Crippen LogP contribution in [0.4, 0.5) is 10.5 Å². The van der Waals surface area contributed by atoms with Crippen molar-refractivity contribution in [3.63, 3.8) is 0 Å². The molecule has 0 bridgehead atoms. The number of hydrogen-bond acceptors (Lipinski definition) is 2. The highest BCUT2D eigenvalue weighted by molar-refractivity contribution is 6.30. The molecule has 2 N–H and O–H groups in total. The molecule has 0 saturated heterocycles. The molecule has 2 amide bonds. The van der Waals surface area contributed by atoms with E-state index in [1.54, 1.807) is 41.3 Å². The normalized spacial score (nSPS) is 13.7. The Morgan fingerprint density at radius 1 is 1.14 bits per heavy atom. The van der Waals surface area contributed by atoms with Gasteiger partial charge in [0, 0.05) is 23.8 Å². The molecular weight excluding hydrogens is 288 g/mol. The lowest BCUT2D eigenvalue weighted by Gasteiger charge is -2.29. The van der Waals surface area contributed by atoms with Crippen molar-refractivity contribution >= 4 is 23.3 Å². The molecule has 0 spiro atoms. The van der Waals surface area contributed by atoms with Crippen molar-refractivity contribution in [1.82, 2.24) is 4.90 Å². The molecule has 21 heavy (non-hydrogen) atoms. The number of phenols is 1. The Morgan fingerprint density at radius 2 is 1.90 bits per heavy atom. The highest BCUT2D eigenvalue weighted by Gasteiger charge is 2.20. The van der Waals surface area contributed by atoms with Gasteiger partial charge in [0.1, 0.15) is 5.75 Å². The summed E-state index contributed by atoms with van der Waals surface area (Å²) in [5.74, 6) is 0.230. The molecule has 2 aromatic carbocycles. The number of anilines is 1. The van der Waals surface area contributed by atoms with Gasteiger partial charge >= 0.3 is 6.03 Å². The predicted molar refractivity (Wildman–Crippen MR) is 82.7 cm³/mol. The molecule has 0 atom stereocenters.